The highest BCUT2D eigenvalue weighted by molar-refractivity contribution is 6.29. The number of hydrogen-bond donors (Lipinski definition) is 0. The van der Waals surface area contributed by atoms with Gasteiger partial charge in [0.2, 0.25) is 0 Å². The first-order valence-electron chi connectivity index (χ1n) is 7.10. The first kappa shape index (κ1) is 16.0. The van der Waals surface area contributed by atoms with Crippen LogP contribution in [0.1, 0.15) is 58.8 Å². The molecule has 0 amide bonds. The molecule has 1 aromatic heterocycles. The van der Waals surface area contributed by atoms with E-state index < -0.39 is 0 Å². The van der Waals surface area contributed by atoms with Gasteiger partial charge in [-0.25, -0.2) is 4.98 Å². The molecule has 0 aliphatic carbocycles. The minimum Gasteiger partial charge on any atom is -0.355 e. The van der Waals surface area contributed by atoms with E-state index in [9.17, 15) is 0 Å². The number of oxime groups is 1. The molecule has 0 N–H and O–H groups in total. The molecule has 0 bridgehead atoms. The molecule has 0 radical (unpaired) electrons. The van der Waals surface area contributed by atoms with Gasteiger partial charge in [0, 0.05) is 0 Å². The lowest BCUT2D eigenvalue weighted by atomic mass is 10.1. The number of hydrogen-bond acceptors (Lipinski definition) is 3. The minimum absolute atomic E-state index is 0.463. The molecule has 0 aliphatic heterocycles. The number of pyridine rings is 1. The molecular weight excluding hydrogens is 260 g/mol. The van der Waals surface area contributed by atoms with E-state index in [1.54, 1.807) is 18.3 Å². The van der Waals surface area contributed by atoms with Crippen LogP contribution in [0.5, 0.6) is 5.75 Å². The molecule has 0 aliphatic rings. The maximum Gasteiger partial charge on any atom is 0.176 e. The molecular formula is C15H23ClN2O. The van der Waals surface area contributed by atoms with Crippen molar-refractivity contribution < 1.29 is 4.84 Å². The van der Waals surface area contributed by atoms with Crippen LogP contribution >= 0.6 is 11.6 Å². The van der Waals surface area contributed by atoms with Crippen molar-refractivity contribution in [1.82, 2.24) is 4.98 Å². The Morgan fingerprint density at radius 2 is 2.00 bits per heavy atom. The van der Waals surface area contributed by atoms with E-state index in [0.717, 1.165) is 25.0 Å². The van der Waals surface area contributed by atoms with Gasteiger partial charge in [0.1, 0.15) is 5.15 Å². The maximum atomic E-state index is 5.72. The number of aromatic nitrogens is 1. The van der Waals surface area contributed by atoms with E-state index in [1.807, 2.05) is 0 Å². The van der Waals surface area contributed by atoms with E-state index in [4.69, 9.17) is 16.4 Å². The SMILES string of the molecule is CCCCCC/C(CCC)=N/Oc1ccc(Cl)nc1. The average molecular weight is 283 g/mol. The second-order valence-electron chi connectivity index (χ2n) is 4.63. The molecule has 0 unspecified atom stereocenters. The standard InChI is InChI=1S/C15H23ClN2O/c1-3-5-6-7-9-13(8-4-2)18-19-14-10-11-15(16)17-12-14/h10-12H,3-9H2,1-2H3/b18-13+. The van der Waals surface area contributed by atoms with Crippen molar-refractivity contribution in [3.05, 3.63) is 23.5 Å². The van der Waals surface area contributed by atoms with Gasteiger partial charge in [-0.2, -0.15) is 0 Å². The fourth-order valence-corrected chi connectivity index (χ4v) is 1.91. The number of nitrogens with zero attached hydrogens (tertiary/aromatic N) is 2. The summed E-state index contributed by atoms with van der Waals surface area (Å²) in [4.78, 5) is 9.36. The third-order valence-corrected chi connectivity index (χ3v) is 3.06. The second kappa shape index (κ2) is 9.79. The molecule has 0 saturated carbocycles. The van der Waals surface area contributed by atoms with Crippen LogP contribution in [0.15, 0.2) is 23.5 Å². The van der Waals surface area contributed by atoms with Crippen LogP contribution in [0, 0.1) is 0 Å². The summed E-state index contributed by atoms with van der Waals surface area (Å²) in [5.74, 6) is 0.631. The smallest absolute Gasteiger partial charge is 0.176 e. The second-order valence-corrected chi connectivity index (χ2v) is 5.01. The van der Waals surface area contributed by atoms with Crippen LogP contribution in [0.4, 0.5) is 0 Å². The van der Waals surface area contributed by atoms with Crippen molar-refractivity contribution in [2.45, 2.75) is 58.8 Å². The predicted octanol–water partition coefficient (Wildman–Crippen LogP) is 5.24. The van der Waals surface area contributed by atoms with Crippen molar-refractivity contribution in [2.24, 2.45) is 5.16 Å². The summed E-state index contributed by atoms with van der Waals surface area (Å²) in [6.07, 6.45) is 9.70. The lowest BCUT2D eigenvalue weighted by Crippen LogP contribution is -2.01. The van der Waals surface area contributed by atoms with Crippen molar-refractivity contribution in [1.29, 1.82) is 0 Å². The Hall–Kier alpha value is -1.09. The molecule has 1 aromatic rings. The first-order valence-corrected chi connectivity index (χ1v) is 7.48. The third-order valence-electron chi connectivity index (χ3n) is 2.84. The monoisotopic (exact) mass is 282 g/mol. The number of rotatable bonds is 9. The van der Waals surface area contributed by atoms with Crippen LogP contribution in [0.2, 0.25) is 5.15 Å². The number of halogens is 1. The zero-order chi connectivity index (χ0) is 13.9. The van der Waals surface area contributed by atoms with E-state index in [1.165, 1.54) is 25.7 Å². The summed E-state index contributed by atoms with van der Waals surface area (Å²) in [6, 6.07) is 3.48. The maximum absolute atomic E-state index is 5.72. The Morgan fingerprint density at radius 1 is 1.16 bits per heavy atom. The molecule has 0 aromatic carbocycles. The normalized spacial score (nSPS) is 11.6. The van der Waals surface area contributed by atoms with E-state index in [2.05, 4.69) is 24.0 Å². The molecule has 1 heterocycles. The predicted molar refractivity (Wildman–Crippen MR) is 81.0 cm³/mol. The van der Waals surface area contributed by atoms with Crippen LogP contribution < -0.4 is 4.84 Å². The van der Waals surface area contributed by atoms with Gasteiger partial charge in [0.25, 0.3) is 0 Å². The Balaban J connectivity index is 2.45. The van der Waals surface area contributed by atoms with Gasteiger partial charge in [-0.3, -0.25) is 0 Å². The van der Waals surface area contributed by atoms with E-state index in [0.29, 0.717) is 10.9 Å². The van der Waals surface area contributed by atoms with Crippen LogP contribution in [0.25, 0.3) is 0 Å². The molecule has 0 spiro atoms. The summed E-state index contributed by atoms with van der Waals surface area (Å²) in [5, 5.41) is 4.71. The summed E-state index contributed by atoms with van der Waals surface area (Å²) in [7, 11) is 0. The Labute approximate surface area is 121 Å². The van der Waals surface area contributed by atoms with Crippen molar-refractivity contribution in [3.63, 3.8) is 0 Å². The molecule has 3 nitrogen and oxygen atoms in total. The quantitative estimate of drug-likeness (QED) is 0.269. The van der Waals surface area contributed by atoms with Gasteiger partial charge in [-0.1, -0.05) is 56.3 Å². The summed E-state index contributed by atoms with van der Waals surface area (Å²) in [5.41, 5.74) is 1.13. The largest absolute Gasteiger partial charge is 0.355 e. The van der Waals surface area contributed by atoms with Gasteiger partial charge in [0.05, 0.1) is 11.9 Å². The molecule has 1 rings (SSSR count). The van der Waals surface area contributed by atoms with Crippen molar-refractivity contribution in [2.75, 3.05) is 0 Å². The Kier molecular flexibility index (Phi) is 8.23. The van der Waals surface area contributed by atoms with Crippen LogP contribution in [-0.4, -0.2) is 10.7 Å². The molecule has 4 heteroatoms. The minimum atomic E-state index is 0.463. The Bertz CT molecular complexity index is 376. The van der Waals surface area contributed by atoms with E-state index >= 15 is 0 Å². The zero-order valence-corrected chi connectivity index (χ0v) is 12.6. The van der Waals surface area contributed by atoms with Crippen molar-refractivity contribution in [3.8, 4) is 5.75 Å². The van der Waals surface area contributed by atoms with Gasteiger partial charge in [-0.05, 0) is 31.4 Å². The average Bonchev–Trinajstić information content (AvgIpc) is 2.42. The highest BCUT2D eigenvalue weighted by Crippen LogP contribution is 2.13. The molecule has 106 valence electrons. The summed E-state index contributed by atoms with van der Waals surface area (Å²) >= 11 is 5.72. The van der Waals surface area contributed by atoms with E-state index in [-0.39, 0.29) is 0 Å². The molecule has 19 heavy (non-hydrogen) atoms. The number of unbranched alkanes of at least 4 members (excludes halogenated alkanes) is 3. The lowest BCUT2D eigenvalue weighted by Gasteiger charge is -2.05. The van der Waals surface area contributed by atoms with Gasteiger partial charge >= 0.3 is 0 Å². The summed E-state index contributed by atoms with van der Waals surface area (Å²) < 4.78 is 0. The van der Waals surface area contributed by atoms with Crippen LogP contribution in [-0.2, 0) is 0 Å². The fraction of sp³-hybridized carbons (Fsp3) is 0.600. The van der Waals surface area contributed by atoms with Crippen LogP contribution in [0.3, 0.4) is 0 Å². The van der Waals surface area contributed by atoms with Crippen molar-refractivity contribution >= 4 is 17.3 Å². The zero-order valence-electron chi connectivity index (χ0n) is 11.9. The lowest BCUT2D eigenvalue weighted by molar-refractivity contribution is 0.336. The third kappa shape index (κ3) is 7.16. The summed E-state index contributed by atoms with van der Waals surface area (Å²) in [6.45, 7) is 4.38. The van der Waals surface area contributed by atoms with Gasteiger partial charge in [0.15, 0.2) is 5.75 Å². The Morgan fingerprint density at radius 3 is 2.63 bits per heavy atom. The first-order chi connectivity index (χ1) is 9.26. The highest BCUT2D eigenvalue weighted by atomic mass is 35.5. The highest BCUT2D eigenvalue weighted by Gasteiger charge is 2.01. The molecule has 0 fully saturated rings. The van der Waals surface area contributed by atoms with Gasteiger partial charge in [-0.15, -0.1) is 0 Å². The van der Waals surface area contributed by atoms with Gasteiger partial charge < -0.3 is 4.84 Å². The fourth-order valence-electron chi connectivity index (χ4n) is 1.79. The molecule has 0 atom stereocenters. The molecule has 0 saturated heterocycles. The topological polar surface area (TPSA) is 34.5 Å².